The van der Waals surface area contributed by atoms with E-state index in [-0.39, 0.29) is 29.9 Å². The van der Waals surface area contributed by atoms with E-state index in [0.29, 0.717) is 0 Å². The van der Waals surface area contributed by atoms with Crippen molar-refractivity contribution in [2.24, 2.45) is 0 Å². The third kappa shape index (κ3) is 6.15. The van der Waals surface area contributed by atoms with Crippen LogP contribution in [0.1, 0.15) is 12.5 Å². The van der Waals surface area contributed by atoms with E-state index in [1.807, 2.05) is 31.2 Å². The minimum Gasteiger partial charge on any atom is -0.491 e. The SMILES string of the molecule is Cc1ccccc1OCC(C)NC(=O)CN(c1ccccc1Cl)S(C)(=O)=O. The van der Waals surface area contributed by atoms with Crippen molar-refractivity contribution >= 4 is 33.2 Å². The third-order valence-electron chi connectivity index (χ3n) is 3.80. The number of nitrogens with zero attached hydrogens (tertiary/aromatic N) is 1. The van der Waals surface area contributed by atoms with Gasteiger partial charge >= 0.3 is 0 Å². The maximum Gasteiger partial charge on any atom is 0.241 e. The molecule has 0 aliphatic heterocycles. The smallest absolute Gasteiger partial charge is 0.241 e. The molecule has 0 radical (unpaired) electrons. The number of anilines is 1. The number of para-hydroxylation sites is 2. The van der Waals surface area contributed by atoms with Crippen LogP contribution < -0.4 is 14.4 Å². The van der Waals surface area contributed by atoms with Crippen molar-refractivity contribution in [3.8, 4) is 5.75 Å². The number of hydrogen-bond acceptors (Lipinski definition) is 4. The van der Waals surface area contributed by atoms with E-state index < -0.39 is 15.9 Å². The third-order valence-corrected chi connectivity index (χ3v) is 5.24. The van der Waals surface area contributed by atoms with Crippen molar-refractivity contribution in [1.82, 2.24) is 5.32 Å². The van der Waals surface area contributed by atoms with E-state index >= 15 is 0 Å². The Morgan fingerprint density at radius 3 is 2.44 bits per heavy atom. The highest BCUT2D eigenvalue weighted by atomic mass is 35.5. The van der Waals surface area contributed by atoms with Gasteiger partial charge in [-0.25, -0.2) is 8.42 Å². The molecule has 2 rings (SSSR count). The van der Waals surface area contributed by atoms with Gasteiger partial charge < -0.3 is 10.1 Å². The van der Waals surface area contributed by atoms with Crippen LogP contribution in [0, 0.1) is 6.92 Å². The lowest BCUT2D eigenvalue weighted by atomic mass is 10.2. The van der Waals surface area contributed by atoms with Crippen LogP contribution in [0.2, 0.25) is 5.02 Å². The van der Waals surface area contributed by atoms with Crippen LogP contribution in [-0.4, -0.2) is 39.8 Å². The highest BCUT2D eigenvalue weighted by Gasteiger charge is 2.23. The number of aryl methyl sites for hydroxylation is 1. The molecule has 0 saturated carbocycles. The maximum absolute atomic E-state index is 12.4. The lowest BCUT2D eigenvalue weighted by molar-refractivity contribution is -0.120. The monoisotopic (exact) mass is 410 g/mol. The lowest BCUT2D eigenvalue weighted by Crippen LogP contribution is -2.45. The molecule has 0 aromatic heterocycles. The Morgan fingerprint density at radius 1 is 1.19 bits per heavy atom. The molecule has 2 aromatic rings. The van der Waals surface area contributed by atoms with Crippen molar-refractivity contribution in [3.63, 3.8) is 0 Å². The van der Waals surface area contributed by atoms with E-state index in [0.717, 1.165) is 21.9 Å². The highest BCUT2D eigenvalue weighted by Crippen LogP contribution is 2.26. The number of ether oxygens (including phenoxy) is 1. The molecule has 0 heterocycles. The summed E-state index contributed by atoms with van der Waals surface area (Å²) in [6.45, 7) is 3.63. The first kappa shape index (κ1) is 21.1. The normalized spacial score (nSPS) is 12.3. The fourth-order valence-corrected chi connectivity index (χ4v) is 3.62. The van der Waals surface area contributed by atoms with Crippen LogP contribution in [-0.2, 0) is 14.8 Å². The topological polar surface area (TPSA) is 75.7 Å². The van der Waals surface area contributed by atoms with Crippen LogP contribution in [0.25, 0.3) is 0 Å². The van der Waals surface area contributed by atoms with Gasteiger partial charge in [-0.1, -0.05) is 41.9 Å². The summed E-state index contributed by atoms with van der Waals surface area (Å²) in [5.74, 6) is 0.300. The lowest BCUT2D eigenvalue weighted by Gasteiger charge is -2.24. The molecule has 2 aromatic carbocycles. The van der Waals surface area contributed by atoms with E-state index in [2.05, 4.69) is 5.32 Å². The number of carbonyl (C=O) groups excluding carboxylic acids is 1. The average molecular weight is 411 g/mol. The molecular formula is C19H23ClN2O4S. The van der Waals surface area contributed by atoms with Crippen molar-refractivity contribution in [2.75, 3.05) is 23.7 Å². The molecular weight excluding hydrogens is 388 g/mol. The van der Waals surface area contributed by atoms with E-state index in [9.17, 15) is 13.2 Å². The van der Waals surface area contributed by atoms with Crippen LogP contribution >= 0.6 is 11.6 Å². The average Bonchev–Trinajstić information content (AvgIpc) is 2.59. The maximum atomic E-state index is 12.4. The van der Waals surface area contributed by atoms with Gasteiger partial charge in [-0.3, -0.25) is 9.10 Å². The Hall–Kier alpha value is -2.25. The molecule has 27 heavy (non-hydrogen) atoms. The Bertz CT molecular complexity index is 902. The second kappa shape index (κ2) is 9.10. The van der Waals surface area contributed by atoms with Crippen molar-refractivity contribution < 1.29 is 17.9 Å². The van der Waals surface area contributed by atoms with Gasteiger partial charge in [-0.2, -0.15) is 0 Å². The summed E-state index contributed by atoms with van der Waals surface area (Å²) in [5, 5.41) is 3.00. The molecule has 0 aliphatic rings. The van der Waals surface area contributed by atoms with E-state index in [1.165, 1.54) is 0 Å². The first-order valence-corrected chi connectivity index (χ1v) is 10.6. The summed E-state index contributed by atoms with van der Waals surface area (Å²) in [7, 11) is -3.68. The summed E-state index contributed by atoms with van der Waals surface area (Å²) >= 11 is 6.09. The quantitative estimate of drug-likeness (QED) is 0.725. The van der Waals surface area contributed by atoms with Gasteiger partial charge in [0, 0.05) is 0 Å². The van der Waals surface area contributed by atoms with Gasteiger partial charge in [0.1, 0.15) is 18.9 Å². The molecule has 8 heteroatoms. The molecule has 1 amide bonds. The molecule has 0 bridgehead atoms. The second-order valence-electron chi connectivity index (χ2n) is 6.27. The first-order valence-electron chi connectivity index (χ1n) is 8.38. The molecule has 0 spiro atoms. The summed E-state index contributed by atoms with van der Waals surface area (Å²) in [6, 6.07) is 13.8. The summed E-state index contributed by atoms with van der Waals surface area (Å²) in [6.07, 6.45) is 1.04. The molecule has 0 fully saturated rings. The zero-order chi connectivity index (χ0) is 20.0. The molecule has 1 atom stereocenters. The molecule has 1 N–H and O–H groups in total. The van der Waals surface area contributed by atoms with Crippen molar-refractivity contribution in [3.05, 3.63) is 59.1 Å². The Kier molecular flexibility index (Phi) is 7.10. The highest BCUT2D eigenvalue weighted by molar-refractivity contribution is 7.92. The fraction of sp³-hybridized carbons (Fsp3) is 0.316. The minimum absolute atomic E-state index is 0.256. The van der Waals surface area contributed by atoms with Crippen LogP contribution in [0.3, 0.4) is 0 Å². The number of amides is 1. The van der Waals surface area contributed by atoms with Gasteiger partial charge in [0.15, 0.2) is 0 Å². The van der Waals surface area contributed by atoms with E-state index in [1.54, 1.807) is 31.2 Å². The van der Waals surface area contributed by atoms with Gasteiger partial charge in [0.05, 0.1) is 23.0 Å². The van der Waals surface area contributed by atoms with Gasteiger partial charge in [0.2, 0.25) is 15.9 Å². The van der Waals surface area contributed by atoms with Crippen LogP contribution in [0.15, 0.2) is 48.5 Å². The Labute approximate surface area is 165 Å². The predicted octanol–water partition coefficient (Wildman–Crippen LogP) is 3.00. The standard InChI is InChI=1S/C19H23ClN2O4S/c1-14-8-4-7-11-18(14)26-13-15(2)21-19(23)12-22(27(3,24)25)17-10-6-5-9-16(17)20/h4-11,15H,12-13H2,1-3H3,(H,21,23). The number of carbonyl (C=O) groups is 1. The number of sulfonamides is 1. The summed E-state index contributed by atoms with van der Waals surface area (Å²) < 4.78 is 30.9. The molecule has 0 aliphatic carbocycles. The first-order chi connectivity index (χ1) is 12.7. The fourth-order valence-electron chi connectivity index (χ4n) is 2.46. The van der Waals surface area contributed by atoms with E-state index in [4.69, 9.17) is 16.3 Å². The number of hydrogen-bond donors (Lipinski definition) is 1. The summed E-state index contributed by atoms with van der Waals surface area (Å²) in [5.41, 5.74) is 1.26. The predicted molar refractivity (Wildman–Crippen MR) is 108 cm³/mol. The molecule has 146 valence electrons. The van der Waals surface area contributed by atoms with Gasteiger partial charge in [0.25, 0.3) is 0 Å². The number of rotatable bonds is 8. The summed E-state index contributed by atoms with van der Waals surface area (Å²) in [4.78, 5) is 12.4. The van der Waals surface area contributed by atoms with Crippen LogP contribution in [0.5, 0.6) is 5.75 Å². The number of halogens is 1. The minimum atomic E-state index is -3.68. The molecule has 0 saturated heterocycles. The Balaban J connectivity index is 1.99. The van der Waals surface area contributed by atoms with Crippen molar-refractivity contribution in [2.45, 2.75) is 19.9 Å². The number of benzene rings is 2. The van der Waals surface area contributed by atoms with Gasteiger partial charge in [-0.15, -0.1) is 0 Å². The van der Waals surface area contributed by atoms with Gasteiger partial charge in [-0.05, 0) is 37.6 Å². The zero-order valence-electron chi connectivity index (χ0n) is 15.5. The largest absolute Gasteiger partial charge is 0.491 e. The Morgan fingerprint density at radius 2 is 1.81 bits per heavy atom. The number of nitrogens with one attached hydrogen (secondary N) is 1. The second-order valence-corrected chi connectivity index (χ2v) is 8.58. The van der Waals surface area contributed by atoms with Crippen LogP contribution in [0.4, 0.5) is 5.69 Å². The molecule has 6 nitrogen and oxygen atoms in total. The van der Waals surface area contributed by atoms with Crippen molar-refractivity contribution in [1.29, 1.82) is 0 Å². The zero-order valence-corrected chi connectivity index (χ0v) is 17.0. The molecule has 1 unspecified atom stereocenters.